The van der Waals surface area contributed by atoms with Crippen LogP contribution in [-0.2, 0) is 6.54 Å². The maximum atomic E-state index is 5.60. The number of pyridine rings is 1. The Hall–Kier alpha value is -1.88. The maximum Gasteiger partial charge on any atom is 0.170 e. The van der Waals surface area contributed by atoms with E-state index >= 15 is 0 Å². The molecule has 116 valence electrons. The van der Waals surface area contributed by atoms with E-state index in [9.17, 15) is 0 Å². The molecule has 3 heterocycles. The van der Waals surface area contributed by atoms with Gasteiger partial charge in [-0.05, 0) is 57.3 Å². The minimum absolute atomic E-state index is 0.0799. The topological polar surface area (TPSA) is 33.1 Å². The van der Waals surface area contributed by atoms with Gasteiger partial charge in [0.2, 0.25) is 0 Å². The van der Waals surface area contributed by atoms with Gasteiger partial charge in [-0.15, -0.1) is 0 Å². The van der Waals surface area contributed by atoms with E-state index in [1.54, 1.807) is 0 Å². The van der Waals surface area contributed by atoms with Gasteiger partial charge in [0.25, 0.3) is 0 Å². The molecule has 1 aliphatic rings. The van der Waals surface area contributed by atoms with Crippen LogP contribution >= 0.6 is 12.2 Å². The summed E-state index contributed by atoms with van der Waals surface area (Å²) in [5.41, 5.74) is 2.31. The molecule has 1 saturated heterocycles. The summed E-state index contributed by atoms with van der Waals surface area (Å²) in [7, 11) is 0. The van der Waals surface area contributed by atoms with Crippen molar-refractivity contribution in [3.63, 3.8) is 0 Å². The lowest BCUT2D eigenvalue weighted by Crippen LogP contribution is -2.36. The number of hydrogen-bond donors (Lipinski definition) is 1. The molecular formula is C17H22N4S. The number of rotatable bonds is 4. The van der Waals surface area contributed by atoms with Gasteiger partial charge in [0.15, 0.2) is 5.11 Å². The van der Waals surface area contributed by atoms with E-state index in [1.807, 2.05) is 18.3 Å². The number of nitrogens with one attached hydrogen (secondary N) is 1. The molecule has 0 amide bonds. The van der Waals surface area contributed by atoms with Crippen LogP contribution < -0.4 is 5.32 Å². The predicted octanol–water partition coefficient (Wildman–Crippen LogP) is 3.28. The second-order valence-corrected chi connectivity index (χ2v) is 6.23. The van der Waals surface area contributed by atoms with E-state index in [4.69, 9.17) is 12.2 Å². The second kappa shape index (κ2) is 6.08. The van der Waals surface area contributed by atoms with Crippen LogP contribution in [0.4, 0.5) is 0 Å². The molecule has 22 heavy (non-hydrogen) atoms. The zero-order chi connectivity index (χ0) is 15.7. The number of hydrogen-bond acceptors (Lipinski definition) is 2. The van der Waals surface area contributed by atoms with Gasteiger partial charge in [0, 0.05) is 30.7 Å². The summed E-state index contributed by atoms with van der Waals surface area (Å²) in [4.78, 5) is 6.83. The first kappa shape index (κ1) is 15.0. The Morgan fingerprint density at radius 3 is 2.73 bits per heavy atom. The fourth-order valence-electron chi connectivity index (χ4n) is 3.22. The van der Waals surface area contributed by atoms with Crippen LogP contribution in [0, 0.1) is 0 Å². The van der Waals surface area contributed by atoms with E-state index in [1.165, 1.54) is 5.69 Å². The molecule has 0 saturated carbocycles. The third-order valence-corrected chi connectivity index (χ3v) is 4.53. The Balaban J connectivity index is 2.08. The highest BCUT2D eigenvalue weighted by Crippen LogP contribution is 2.39. The molecule has 0 radical (unpaired) electrons. The number of nitrogens with zero attached hydrogens (tertiary/aromatic N) is 3. The van der Waals surface area contributed by atoms with Gasteiger partial charge in [-0.1, -0.05) is 6.07 Å². The van der Waals surface area contributed by atoms with E-state index in [2.05, 4.69) is 64.9 Å². The van der Waals surface area contributed by atoms with Crippen LogP contribution in [0.25, 0.3) is 0 Å². The van der Waals surface area contributed by atoms with E-state index in [0.29, 0.717) is 6.04 Å². The van der Waals surface area contributed by atoms with Gasteiger partial charge in [-0.3, -0.25) is 4.98 Å². The Morgan fingerprint density at radius 2 is 2.09 bits per heavy atom. The van der Waals surface area contributed by atoms with Crippen LogP contribution in [-0.4, -0.2) is 25.6 Å². The number of aromatic nitrogens is 2. The fourth-order valence-corrected chi connectivity index (χ4v) is 3.67. The van der Waals surface area contributed by atoms with Crippen molar-refractivity contribution in [3.05, 3.63) is 54.1 Å². The summed E-state index contributed by atoms with van der Waals surface area (Å²) < 4.78 is 2.28. The van der Waals surface area contributed by atoms with Crippen LogP contribution in [0.1, 0.15) is 44.2 Å². The van der Waals surface area contributed by atoms with E-state index in [0.717, 1.165) is 17.4 Å². The fraction of sp³-hybridized carbons (Fsp3) is 0.412. The average Bonchev–Trinajstić information content (AvgIpc) is 3.11. The van der Waals surface area contributed by atoms with Crippen LogP contribution in [0.15, 0.2) is 42.7 Å². The molecule has 2 aromatic rings. The third kappa shape index (κ3) is 2.50. The molecule has 2 atom stereocenters. The lowest BCUT2D eigenvalue weighted by atomic mass is 10.0. The molecule has 4 nitrogen and oxygen atoms in total. The minimum atomic E-state index is 0.0799. The maximum absolute atomic E-state index is 5.60. The molecule has 0 aromatic carbocycles. The van der Waals surface area contributed by atoms with Crippen molar-refractivity contribution < 1.29 is 0 Å². The number of aryl methyl sites for hydroxylation is 1. The van der Waals surface area contributed by atoms with Crippen molar-refractivity contribution >= 4 is 17.3 Å². The summed E-state index contributed by atoms with van der Waals surface area (Å²) in [6, 6.07) is 10.9. The molecule has 2 unspecified atom stereocenters. The highest BCUT2D eigenvalue weighted by molar-refractivity contribution is 7.80. The molecular weight excluding hydrogens is 292 g/mol. The summed E-state index contributed by atoms with van der Waals surface area (Å²) >= 11 is 5.60. The molecule has 1 fully saturated rings. The Morgan fingerprint density at radius 1 is 1.27 bits per heavy atom. The van der Waals surface area contributed by atoms with Crippen LogP contribution in [0.2, 0.25) is 0 Å². The lowest BCUT2D eigenvalue weighted by Gasteiger charge is -2.31. The van der Waals surface area contributed by atoms with Gasteiger partial charge in [-0.25, -0.2) is 0 Å². The van der Waals surface area contributed by atoms with Gasteiger partial charge >= 0.3 is 0 Å². The zero-order valence-electron chi connectivity index (χ0n) is 13.2. The summed E-state index contributed by atoms with van der Waals surface area (Å²) in [5, 5.41) is 4.28. The van der Waals surface area contributed by atoms with Gasteiger partial charge in [0.05, 0.1) is 17.8 Å². The van der Waals surface area contributed by atoms with Crippen molar-refractivity contribution in [2.24, 2.45) is 0 Å². The summed E-state index contributed by atoms with van der Waals surface area (Å²) in [5.74, 6) is 0. The van der Waals surface area contributed by atoms with Crippen molar-refractivity contribution in [3.8, 4) is 0 Å². The quantitative estimate of drug-likeness (QED) is 0.878. The molecule has 0 spiro atoms. The smallest absolute Gasteiger partial charge is 0.170 e. The highest BCUT2D eigenvalue weighted by atomic mass is 32.1. The van der Waals surface area contributed by atoms with Crippen molar-refractivity contribution in [2.45, 2.75) is 45.4 Å². The van der Waals surface area contributed by atoms with Gasteiger partial charge < -0.3 is 14.8 Å². The first-order chi connectivity index (χ1) is 10.6. The predicted molar refractivity (Wildman–Crippen MR) is 92.5 cm³/mol. The molecule has 5 heteroatoms. The van der Waals surface area contributed by atoms with Crippen LogP contribution in [0.3, 0.4) is 0 Å². The molecule has 3 rings (SSSR count). The van der Waals surface area contributed by atoms with E-state index < -0.39 is 0 Å². The number of thiocarbonyl (C=S) groups is 1. The Labute approximate surface area is 137 Å². The molecule has 0 bridgehead atoms. The largest absolute Gasteiger partial charge is 0.352 e. The van der Waals surface area contributed by atoms with Crippen molar-refractivity contribution in [1.82, 2.24) is 19.8 Å². The van der Waals surface area contributed by atoms with Crippen molar-refractivity contribution in [1.29, 1.82) is 0 Å². The molecule has 1 aliphatic heterocycles. The lowest BCUT2D eigenvalue weighted by molar-refractivity contribution is 0.259. The SMILES string of the molecule is CCn1cccc1C1C(c2ccccn2)NC(=S)N1C(C)C. The third-order valence-electron chi connectivity index (χ3n) is 4.20. The highest BCUT2D eigenvalue weighted by Gasteiger charge is 2.41. The molecule has 1 N–H and O–H groups in total. The second-order valence-electron chi connectivity index (χ2n) is 5.85. The average molecular weight is 314 g/mol. The zero-order valence-corrected chi connectivity index (χ0v) is 14.0. The first-order valence-electron chi connectivity index (χ1n) is 7.78. The normalized spacial score (nSPS) is 21.5. The minimum Gasteiger partial charge on any atom is -0.352 e. The standard InChI is InChI=1S/C17H22N4S/c1-4-20-11-7-9-14(20)16-15(13-8-5-6-10-18-13)19-17(22)21(16)12(2)3/h5-12,15-16H,4H2,1-3H3,(H,19,22). The summed E-state index contributed by atoms with van der Waals surface area (Å²) in [6.07, 6.45) is 3.97. The first-order valence-corrected chi connectivity index (χ1v) is 8.19. The summed E-state index contributed by atoms with van der Waals surface area (Å²) in [6.45, 7) is 7.48. The molecule has 0 aliphatic carbocycles. The van der Waals surface area contributed by atoms with Gasteiger partial charge in [-0.2, -0.15) is 0 Å². The molecule has 2 aromatic heterocycles. The Kier molecular flexibility index (Phi) is 4.16. The van der Waals surface area contributed by atoms with Crippen LogP contribution in [0.5, 0.6) is 0 Å². The Bertz CT molecular complexity index is 650. The van der Waals surface area contributed by atoms with E-state index in [-0.39, 0.29) is 12.1 Å². The van der Waals surface area contributed by atoms with Crippen molar-refractivity contribution in [2.75, 3.05) is 0 Å². The van der Waals surface area contributed by atoms with Gasteiger partial charge in [0.1, 0.15) is 0 Å². The monoisotopic (exact) mass is 314 g/mol.